The van der Waals surface area contributed by atoms with E-state index in [-0.39, 0.29) is 0 Å². The van der Waals surface area contributed by atoms with Crippen LogP contribution >= 0.6 is 0 Å². The SMILES string of the molecule is c1cc2[nH]ncc2cc1N1CCCCC1. The van der Waals surface area contributed by atoms with Gasteiger partial charge in [-0.15, -0.1) is 0 Å². The van der Waals surface area contributed by atoms with Gasteiger partial charge in [0.2, 0.25) is 0 Å². The van der Waals surface area contributed by atoms with Gasteiger partial charge in [-0.25, -0.2) is 0 Å². The Kier molecular flexibility index (Phi) is 2.09. The number of nitrogens with one attached hydrogen (secondary N) is 1. The number of piperidine rings is 1. The third kappa shape index (κ3) is 1.58. The van der Waals surface area contributed by atoms with Gasteiger partial charge < -0.3 is 4.90 Å². The van der Waals surface area contributed by atoms with Crippen LogP contribution in [0.1, 0.15) is 19.3 Å². The summed E-state index contributed by atoms with van der Waals surface area (Å²) in [6.07, 6.45) is 5.92. The molecule has 0 radical (unpaired) electrons. The minimum Gasteiger partial charge on any atom is -0.372 e. The predicted octanol–water partition coefficient (Wildman–Crippen LogP) is 2.55. The lowest BCUT2D eigenvalue weighted by Gasteiger charge is -2.28. The number of aromatic nitrogens is 2. The molecular formula is C12H15N3. The number of fused-ring (bicyclic) bond motifs is 1. The van der Waals surface area contributed by atoms with Gasteiger partial charge in [-0.1, -0.05) is 0 Å². The van der Waals surface area contributed by atoms with Crippen LogP contribution in [0.5, 0.6) is 0 Å². The largest absolute Gasteiger partial charge is 0.372 e. The zero-order valence-electron chi connectivity index (χ0n) is 8.74. The fourth-order valence-electron chi connectivity index (χ4n) is 2.28. The van der Waals surface area contributed by atoms with Gasteiger partial charge in [0.1, 0.15) is 0 Å². The van der Waals surface area contributed by atoms with E-state index in [0.717, 1.165) is 5.52 Å². The quantitative estimate of drug-likeness (QED) is 0.769. The van der Waals surface area contributed by atoms with Gasteiger partial charge in [0.15, 0.2) is 0 Å². The number of anilines is 1. The lowest BCUT2D eigenvalue weighted by Crippen LogP contribution is -2.29. The Morgan fingerprint density at radius 3 is 2.87 bits per heavy atom. The van der Waals surface area contributed by atoms with Crippen molar-refractivity contribution in [1.82, 2.24) is 10.2 Å². The monoisotopic (exact) mass is 201 g/mol. The molecule has 1 N–H and O–H groups in total. The number of benzene rings is 1. The average Bonchev–Trinajstić information content (AvgIpc) is 2.77. The summed E-state index contributed by atoms with van der Waals surface area (Å²) >= 11 is 0. The summed E-state index contributed by atoms with van der Waals surface area (Å²) in [6, 6.07) is 6.53. The number of aromatic amines is 1. The number of hydrogen-bond acceptors (Lipinski definition) is 2. The third-order valence-electron chi connectivity index (χ3n) is 3.14. The minimum absolute atomic E-state index is 1.12. The van der Waals surface area contributed by atoms with E-state index in [0.29, 0.717) is 0 Å². The van der Waals surface area contributed by atoms with Crippen molar-refractivity contribution in [3.8, 4) is 0 Å². The van der Waals surface area contributed by atoms with Gasteiger partial charge in [-0.05, 0) is 37.5 Å². The van der Waals surface area contributed by atoms with Gasteiger partial charge in [0.25, 0.3) is 0 Å². The van der Waals surface area contributed by atoms with Crippen LogP contribution in [0.2, 0.25) is 0 Å². The zero-order valence-corrected chi connectivity index (χ0v) is 8.74. The summed E-state index contributed by atoms with van der Waals surface area (Å²) in [4.78, 5) is 2.47. The maximum absolute atomic E-state index is 4.04. The molecule has 3 rings (SSSR count). The molecule has 0 amide bonds. The summed E-state index contributed by atoms with van der Waals surface area (Å²) in [5, 5.41) is 8.23. The topological polar surface area (TPSA) is 31.9 Å². The van der Waals surface area contributed by atoms with Crippen molar-refractivity contribution < 1.29 is 0 Å². The van der Waals surface area contributed by atoms with Crippen LogP contribution in [0.4, 0.5) is 5.69 Å². The highest BCUT2D eigenvalue weighted by molar-refractivity contribution is 5.82. The van der Waals surface area contributed by atoms with E-state index in [1.807, 2.05) is 6.20 Å². The van der Waals surface area contributed by atoms with Crippen molar-refractivity contribution in [2.45, 2.75) is 19.3 Å². The molecule has 0 unspecified atom stereocenters. The highest BCUT2D eigenvalue weighted by Gasteiger charge is 2.11. The van der Waals surface area contributed by atoms with Gasteiger partial charge in [-0.3, -0.25) is 5.10 Å². The Balaban J connectivity index is 1.95. The Morgan fingerprint density at radius 1 is 1.13 bits per heavy atom. The highest BCUT2D eigenvalue weighted by Crippen LogP contribution is 2.23. The molecule has 0 aliphatic carbocycles. The molecule has 15 heavy (non-hydrogen) atoms. The van der Waals surface area contributed by atoms with Crippen molar-refractivity contribution in [3.05, 3.63) is 24.4 Å². The summed E-state index contributed by atoms with van der Waals surface area (Å²) in [7, 11) is 0. The second kappa shape index (κ2) is 3.57. The fraction of sp³-hybridized carbons (Fsp3) is 0.417. The van der Waals surface area contributed by atoms with Crippen LogP contribution in [0, 0.1) is 0 Å². The van der Waals surface area contributed by atoms with Crippen molar-refractivity contribution >= 4 is 16.6 Å². The van der Waals surface area contributed by atoms with Gasteiger partial charge in [-0.2, -0.15) is 5.10 Å². The molecule has 3 heteroatoms. The molecule has 1 aromatic carbocycles. The molecule has 0 atom stereocenters. The molecule has 1 aromatic heterocycles. The van der Waals surface area contributed by atoms with Crippen molar-refractivity contribution in [3.63, 3.8) is 0 Å². The molecule has 0 saturated carbocycles. The molecule has 2 heterocycles. The van der Waals surface area contributed by atoms with Crippen LogP contribution in [-0.2, 0) is 0 Å². The molecular weight excluding hydrogens is 186 g/mol. The van der Waals surface area contributed by atoms with E-state index in [1.54, 1.807) is 0 Å². The Labute approximate surface area is 89.1 Å². The molecule has 1 aliphatic rings. The van der Waals surface area contributed by atoms with E-state index in [4.69, 9.17) is 0 Å². The minimum atomic E-state index is 1.12. The van der Waals surface area contributed by atoms with Crippen LogP contribution in [0.25, 0.3) is 10.9 Å². The number of hydrogen-bond donors (Lipinski definition) is 1. The molecule has 0 bridgehead atoms. The average molecular weight is 201 g/mol. The molecule has 1 fully saturated rings. The van der Waals surface area contributed by atoms with Gasteiger partial charge in [0, 0.05) is 24.2 Å². The maximum Gasteiger partial charge on any atom is 0.0651 e. The molecule has 3 nitrogen and oxygen atoms in total. The highest BCUT2D eigenvalue weighted by atomic mass is 15.1. The van der Waals surface area contributed by atoms with Crippen molar-refractivity contribution in [1.29, 1.82) is 0 Å². The molecule has 78 valence electrons. The van der Waals surface area contributed by atoms with E-state index < -0.39 is 0 Å². The standard InChI is InChI=1S/C12H15N3/c1-2-6-15(7-3-1)11-4-5-12-10(8-11)9-13-14-12/h4-5,8-9H,1-3,6-7H2,(H,13,14). The normalized spacial score (nSPS) is 17.2. The van der Waals surface area contributed by atoms with Gasteiger partial charge >= 0.3 is 0 Å². The first-order chi connectivity index (χ1) is 7.43. The number of rotatable bonds is 1. The smallest absolute Gasteiger partial charge is 0.0651 e. The number of nitrogens with zero attached hydrogens (tertiary/aromatic N) is 2. The predicted molar refractivity (Wildman–Crippen MR) is 62.2 cm³/mol. The first-order valence-corrected chi connectivity index (χ1v) is 5.61. The van der Waals surface area contributed by atoms with Crippen LogP contribution < -0.4 is 4.90 Å². The first kappa shape index (κ1) is 8.77. The van der Waals surface area contributed by atoms with Crippen LogP contribution in [-0.4, -0.2) is 23.3 Å². The van der Waals surface area contributed by atoms with E-state index >= 15 is 0 Å². The van der Waals surface area contributed by atoms with E-state index in [9.17, 15) is 0 Å². The first-order valence-electron chi connectivity index (χ1n) is 5.61. The molecule has 1 aliphatic heterocycles. The van der Waals surface area contributed by atoms with Crippen molar-refractivity contribution in [2.75, 3.05) is 18.0 Å². The second-order valence-corrected chi connectivity index (χ2v) is 4.19. The van der Waals surface area contributed by atoms with E-state index in [2.05, 4.69) is 33.3 Å². The summed E-state index contributed by atoms with van der Waals surface area (Å²) < 4.78 is 0. The van der Waals surface area contributed by atoms with Gasteiger partial charge in [0.05, 0.1) is 11.7 Å². The maximum atomic E-state index is 4.04. The Hall–Kier alpha value is -1.51. The Morgan fingerprint density at radius 2 is 2.00 bits per heavy atom. The lowest BCUT2D eigenvalue weighted by atomic mass is 10.1. The summed E-state index contributed by atoms with van der Waals surface area (Å²) in [5.74, 6) is 0. The van der Waals surface area contributed by atoms with Crippen LogP contribution in [0.15, 0.2) is 24.4 Å². The fourth-order valence-corrected chi connectivity index (χ4v) is 2.28. The number of H-pyrrole nitrogens is 1. The van der Waals surface area contributed by atoms with Crippen molar-refractivity contribution in [2.24, 2.45) is 0 Å². The van der Waals surface area contributed by atoms with Crippen LogP contribution in [0.3, 0.4) is 0 Å². The Bertz CT molecular complexity index is 455. The molecule has 2 aromatic rings. The molecule has 1 saturated heterocycles. The summed E-state index contributed by atoms with van der Waals surface area (Å²) in [6.45, 7) is 2.40. The lowest BCUT2D eigenvalue weighted by molar-refractivity contribution is 0.578. The second-order valence-electron chi connectivity index (χ2n) is 4.19. The van der Waals surface area contributed by atoms with E-state index in [1.165, 1.54) is 43.4 Å². The zero-order chi connectivity index (χ0) is 10.1. The summed E-state index contributed by atoms with van der Waals surface area (Å²) in [5.41, 5.74) is 2.46. The third-order valence-corrected chi connectivity index (χ3v) is 3.14. The molecule has 0 spiro atoms.